The maximum absolute atomic E-state index is 13.1. The molecule has 0 aromatic rings. The molecule has 0 radical (unpaired) electrons. The van der Waals surface area contributed by atoms with Crippen molar-refractivity contribution >= 4 is 0 Å². The van der Waals surface area contributed by atoms with Crippen LogP contribution in [0.1, 0.15) is 19.3 Å². The van der Waals surface area contributed by atoms with Crippen molar-refractivity contribution in [3.05, 3.63) is 0 Å². The van der Waals surface area contributed by atoms with E-state index < -0.39 is 11.3 Å². The summed E-state index contributed by atoms with van der Waals surface area (Å²) in [6.45, 7) is 1.27. The first-order valence-electron chi connectivity index (χ1n) is 4.78. The van der Waals surface area contributed by atoms with E-state index in [-0.39, 0.29) is 18.9 Å². The highest BCUT2D eigenvalue weighted by Gasteiger charge is 2.73. The number of halogens is 2. The Kier molecular flexibility index (Phi) is 2.07. The molecule has 2 aliphatic rings. The Morgan fingerprint density at radius 3 is 2.54 bits per heavy atom. The van der Waals surface area contributed by atoms with Crippen LogP contribution in [0.15, 0.2) is 0 Å². The van der Waals surface area contributed by atoms with Crippen LogP contribution >= 0.6 is 0 Å². The van der Waals surface area contributed by atoms with E-state index in [1.807, 2.05) is 0 Å². The minimum atomic E-state index is -2.53. The van der Waals surface area contributed by atoms with Crippen LogP contribution in [-0.4, -0.2) is 25.7 Å². The van der Waals surface area contributed by atoms with Gasteiger partial charge in [-0.25, -0.2) is 8.78 Å². The largest absolute Gasteiger partial charge is 0.381 e. The molecule has 1 heterocycles. The van der Waals surface area contributed by atoms with Crippen molar-refractivity contribution in [2.24, 2.45) is 17.1 Å². The molecule has 2 rings (SSSR count). The SMILES string of the molecule is NCC1(C2CCCOC2)CC1(F)F. The first-order chi connectivity index (χ1) is 6.12. The quantitative estimate of drug-likeness (QED) is 0.716. The van der Waals surface area contributed by atoms with Gasteiger partial charge in [0.1, 0.15) is 0 Å². The average molecular weight is 191 g/mol. The summed E-state index contributed by atoms with van der Waals surface area (Å²) >= 11 is 0. The molecule has 1 saturated heterocycles. The van der Waals surface area contributed by atoms with Crippen LogP contribution in [0, 0.1) is 11.3 Å². The Balaban J connectivity index is 2.05. The molecule has 0 aromatic heterocycles. The standard InChI is InChI=1S/C9H15F2NO/c10-9(11)5-8(9,6-12)7-2-1-3-13-4-7/h7H,1-6,12H2. The molecular formula is C9H15F2NO. The molecule has 2 N–H and O–H groups in total. The first kappa shape index (κ1) is 9.34. The molecule has 2 nitrogen and oxygen atoms in total. The molecule has 1 aliphatic carbocycles. The van der Waals surface area contributed by atoms with Gasteiger partial charge in [0.2, 0.25) is 0 Å². The van der Waals surface area contributed by atoms with Crippen molar-refractivity contribution < 1.29 is 13.5 Å². The molecule has 1 saturated carbocycles. The van der Waals surface area contributed by atoms with Crippen LogP contribution in [0.5, 0.6) is 0 Å². The maximum Gasteiger partial charge on any atom is 0.256 e. The Labute approximate surface area is 76.4 Å². The lowest BCUT2D eigenvalue weighted by Gasteiger charge is -2.29. The van der Waals surface area contributed by atoms with Crippen LogP contribution in [0.2, 0.25) is 0 Å². The predicted octanol–water partition coefficient (Wildman–Crippen LogP) is 1.40. The lowest BCUT2D eigenvalue weighted by Crippen LogP contribution is -2.35. The Morgan fingerprint density at radius 1 is 1.46 bits per heavy atom. The van der Waals surface area contributed by atoms with E-state index in [2.05, 4.69) is 0 Å². The van der Waals surface area contributed by atoms with E-state index in [0.29, 0.717) is 13.2 Å². The Morgan fingerprint density at radius 2 is 2.15 bits per heavy atom. The second-order valence-corrected chi connectivity index (χ2v) is 4.16. The normalized spacial score (nSPS) is 43.2. The molecule has 13 heavy (non-hydrogen) atoms. The van der Waals surface area contributed by atoms with E-state index >= 15 is 0 Å². The number of ether oxygens (including phenoxy) is 1. The maximum atomic E-state index is 13.1. The van der Waals surface area contributed by atoms with Crippen LogP contribution in [0.4, 0.5) is 8.78 Å². The van der Waals surface area contributed by atoms with Crippen molar-refractivity contribution in [1.82, 2.24) is 0 Å². The van der Waals surface area contributed by atoms with Crippen molar-refractivity contribution in [2.75, 3.05) is 19.8 Å². The van der Waals surface area contributed by atoms with Gasteiger partial charge >= 0.3 is 0 Å². The number of nitrogens with two attached hydrogens (primary N) is 1. The van der Waals surface area contributed by atoms with E-state index in [0.717, 1.165) is 12.8 Å². The summed E-state index contributed by atoms with van der Waals surface area (Å²) in [6, 6.07) is 0. The van der Waals surface area contributed by atoms with Crippen molar-refractivity contribution in [3.63, 3.8) is 0 Å². The molecular weight excluding hydrogens is 176 g/mol. The molecule has 2 atom stereocenters. The Bertz CT molecular complexity index is 204. The topological polar surface area (TPSA) is 35.2 Å². The number of alkyl halides is 2. The molecule has 1 aliphatic heterocycles. The fourth-order valence-corrected chi connectivity index (χ4v) is 2.36. The van der Waals surface area contributed by atoms with Crippen LogP contribution in [0.25, 0.3) is 0 Å². The summed E-state index contributed by atoms with van der Waals surface area (Å²) in [5.41, 5.74) is 4.52. The van der Waals surface area contributed by atoms with E-state index in [9.17, 15) is 8.78 Å². The molecule has 0 bridgehead atoms. The fourth-order valence-electron chi connectivity index (χ4n) is 2.36. The summed E-state index contributed by atoms with van der Waals surface area (Å²) in [6.07, 6.45) is 1.69. The van der Waals surface area contributed by atoms with Crippen molar-refractivity contribution in [1.29, 1.82) is 0 Å². The zero-order chi connectivity index (χ0) is 9.53. The van der Waals surface area contributed by atoms with Crippen LogP contribution < -0.4 is 5.73 Å². The predicted molar refractivity (Wildman–Crippen MR) is 44.6 cm³/mol. The third-order valence-electron chi connectivity index (χ3n) is 3.45. The highest BCUT2D eigenvalue weighted by atomic mass is 19.3. The minimum absolute atomic E-state index is 0.0266. The van der Waals surface area contributed by atoms with E-state index in [1.165, 1.54) is 0 Å². The fraction of sp³-hybridized carbons (Fsp3) is 1.00. The molecule has 0 aromatic carbocycles. The van der Waals surface area contributed by atoms with Gasteiger partial charge in [0.25, 0.3) is 5.92 Å². The van der Waals surface area contributed by atoms with Gasteiger partial charge in [-0.3, -0.25) is 0 Å². The van der Waals surface area contributed by atoms with E-state index in [4.69, 9.17) is 10.5 Å². The monoisotopic (exact) mass is 191 g/mol. The number of rotatable bonds is 2. The van der Waals surface area contributed by atoms with Gasteiger partial charge in [-0.2, -0.15) is 0 Å². The van der Waals surface area contributed by atoms with Gasteiger partial charge < -0.3 is 10.5 Å². The molecule has 2 unspecified atom stereocenters. The van der Waals surface area contributed by atoms with Gasteiger partial charge in [-0.05, 0) is 18.8 Å². The Hall–Kier alpha value is -0.220. The average Bonchev–Trinajstić information content (AvgIpc) is 2.72. The summed E-state index contributed by atoms with van der Waals surface area (Å²) in [7, 11) is 0. The van der Waals surface area contributed by atoms with Gasteiger partial charge in [0.05, 0.1) is 12.0 Å². The molecule has 4 heteroatoms. The lowest BCUT2D eigenvalue weighted by atomic mass is 9.84. The third kappa shape index (κ3) is 1.27. The zero-order valence-corrected chi connectivity index (χ0v) is 7.56. The van der Waals surface area contributed by atoms with Crippen LogP contribution in [0.3, 0.4) is 0 Å². The summed E-state index contributed by atoms with van der Waals surface area (Å²) < 4.78 is 31.4. The van der Waals surface area contributed by atoms with Gasteiger partial charge in [0.15, 0.2) is 0 Å². The summed E-state index contributed by atoms with van der Waals surface area (Å²) in [5.74, 6) is -2.56. The molecule has 2 fully saturated rings. The zero-order valence-electron chi connectivity index (χ0n) is 7.56. The van der Waals surface area contributed by atoms with Crippen molar-refractivity contribution in [3.8, 4) is 0 Å². The second kappa shape index (κ2) is 2.89. The van der Waals surface area contributed by atoms with Gasteiger partial charge in [0, 0.05) is 19.6 Å². The lowest BCUT2D eigenvalue weighted by molar-refractivity contribution is -0.0212. The number of hydrogen-bond acceptors (Lipinski definition) is 2. The second-order valence-electron chi connectivity index (χ2n) is 4.16. The molecule has 76 valence electrons. The van der Waals surface area contributed by atoms with Crippen molar-refractivity contribution in [2.45, 2.75) is 25.2 Å². The summed E-state index contributed by atoms with van der Waals surface area (Å²) in [4.78, 5) is 0. The molecule has 0 amide bonds. The summed E-state index contributed by atoms with van der Waals surface area (Å²) in [5, 5.41) is 0. The number of hydrogen-bond donors (Lipinski definition) is 1. The van der Waals surface area contributed by atoms with Gasteiger partial charge in [-0.1, -0.05) is 0 Å². The highest BCUT2D eigenvalue weighted by molar-refractivity contribution is 5.14. The minimum Gasteiger partial charge on any atom is -0.381 e. The van der Waals surface area contributed by atoms with E-state index in [1.54, 1.807) is 0 Å². The third-order valence-corrected chi connectivity index (χ3v) is 3.45. The van der Waals surface area contributed by atoms with Crippen LogP contribution in [-0.2, 0) is 4.74 Å². The van der Waals surface area contributed by atoms with Gasteiger partial charge in [-0.15, -0.1) is 0 Å². The smallest absolute Gasteiger partial charge is 0.256 e. The highest BCUT2D eigenvalue weighted by Crippen LogP contribution is 2.65. The first-order valence-corrected chi connectivity index (χ1v) is 4.78. The molecule has 0 spiro atoms.